The molecule has 0 saturated heterocycles. The van der Waals surface area contributed by atoms with Gasteiger partial charge >= 0.3 is 5.97 Å². The number of hydrogen-bond donors (Lipinski definition) is 1. The molecule has 0 saturated carbocycles. The summed E-state index contributed by atoms with van der Waals surface area (Å²) in [6.07, 6.45) is 6.46. The summed E-state index contributed by atoms with van der Waals surface area (Å²) < 4.78 is 6.89. The molecule has 112 valence electrons. The second-order valence-corrected chi connectivity index (χ2v) is 6.14. The van der Waals surface area contributed by atoms with E-state index in [1.165, 1.54) is 4.88 Å². The second kappa shape index (κ2) is 5.85. The van der Waals surface area contributed by atoms with Gasteiger partial charge in [-0.15, -0.1) is 11.3 Å². The maximum absolute atomic E-state index is 12.0. The molecule has 1 unspecified atom stereocenters. The second-order valence-electron chi connectivity index (χ2n) is 5.05. The zero-order chi connectivity index (χ0) is 14.8. The Kier molecular flexibility index (Phi) is 3.92. The lowest BCUT2D eigenvalue weighted by Gasteiger charge is -2.19. The number of aromatic nitrogens is 3. The number of thiazole rings is 1. The van der Waals surface area contributed by atoms with Crippen LogP contribution in [0.4, 0.5) is 10.8 Å². The van der Waals surface area contributed by atoms with Gasteiger partial charge in [-0.3, -0.25) is 9.48 Å². The van der Waals surface area contributed by atoms with Crippen molar-refractivity contribution in [1.82, 2.24) is 14.8 Å². The summed E-state index contributed by atoms with van der Waals surface area (Å²) in [7, 11) is 1.87. The fourth-order valence-corrected chi connectivity index (χ4v) is 3.64. The summed E-state index contributed by atoms with van der Waals surface area (Å²) in [5.41, 5.74) is 1.78. The maximum atomic E-state index is 12.0. The van der Waals surface area contributed by atoms with Gasteiger partial charge in [0.2, 0.25) is 0 Å². The number of hydrogen-bond acceptors (Lipinski definition) is 6. The molecule has 2 aromatic rings. The Labute approximate surface area is 127 Å². The highest BCUT2D eigenvalue weighted by molar-refractivity contribution is 7.15. The monoisotopic (exact) mass is 306 g/mol. The molecule has 0 aliphatic heterocycles. The van der Waals surface area contributed by atoms with E-state index < -0.39 is 0 Å². The average molecular weight is 306 g/mol. The minimum Gasteiger partial charge on any atom is -0.465 e. The predicted octanol–water partition coefficient (Wildman–Crippen LogP) is 2.60. The van der Waals surface area contributed by atoms with E-state index in [0.29, 0.717) is 6.61 Å². The number of carbonyl (C=O) groups is 1. The molecule has 1 aliphatic rings. The largest absolute Gasteiger partial charge is 0.465 e. The summed E-state index contributed by atoms with van der Waals surface area (Å²) in [5, 5.41) is 8.17. The molecule has 7 heteroatoms. The van der Waals surface area contributed by atoms with Gasteiger partial charge in [0.15, 0.2) is 5.13 Å². The molecule has 0 radical (unpaired) electrons. The Morgan fingerprint density at radius 1 is 1.62 bits per heavy atom. The van der Waals surface area contributed by atoms with Crippen molar-refractivity contribution in [3.8, 4) is 0 Å². The lowest BCUT2D eigenvalue weighted by Crippen LogP contribution is -2.20. The number of fused-ring (bicyclic) bond motifs is 1. The Morgan fingerprint density at radius 2 is 2.48 bits per heavy atom. The first-order chi connectivity index (χ1) is 10.2. The Hall–Kier alpha value is -1.89. The summed E-state index contributed by atoms with van der Waals surface area (Å²) in [4.78, 5) is 17.8. The van der Waals surface area contributed by atoms with E-state index in [2.05, 4.69) is 15.4 Å². The average Bonchev–Trinajstić information content (AvgIpc) is 3.04. The van der Waals surface area contributed by atoms with Gasteiger partial charge in [0.1, 0.15) is 5.92 Å². The molecule has 2 aromatic heterocycles. The molecular formula is C14H18N4O2S. The van der Waals surface area contributed by atoms with E-state index in [4.69, 9.17) is 4.74 Å². The number of esters is 1. The summed E-state index contributed by atoms with van der Waals surface area (Å²) in [6.45, 7) is 2.24. The molecule has 0 bridgehead atoms. The molecular weight excluding hydrogens is 288 g/mol. The highest BCUT2D eigenvalue weighted by Crippen LogP contribution is 2.38. The normalized spacial score (nSPS) is 17.3. The Bertz CT molecular complexity index is 649. The highest BCUT2D eigenvalue weighted by atomic mass is 32.1. The van der Waals surface area contributed by atoms with Gasteiger partial charge in [-0.05, 0) is 26.2 Å². The quantitative estimate of drug-likeness (QED) is 0.879. The molecule has 1 aliphatic carbocycles. The van der Waals surface area contributed by atoms with Gasteiger partial charge < -0.3 is 10.1 Å². The number of aryl methyl sites for hydroxylation is 2. The lowest BCUT2D eigenvalue weighted by molar-refractivity contribution is -0.145. The van der Waals surface area contributed by atoms with Crippen LogP contribution in [0.3, 0.4) is 0 Å². The standard InChI is InChI=1S/C14H18N4O2S/c1-3-20-13(19)10-5-4-6-11-12(10)17-14(21-11)16-9-7-15-18(2)8-9/h7-8,10H,3-6H2,1-2H3,(H,16,17). The smallest absolute Gasteiger partial charge is 0.315 e. The fourth-order valence-electron chi connectivity index (χ4n) is 2.55. The fraction of sp³-hybridized carbons (Fsp3) is 0.500. The minimum absolute atomic E-state index is 0.156. The third kappa shape index (κ3) is 2.92. The number of rotatable bonds is 4. The van der Waals surface area contributed by atoms with Gasteiger partial charge in [-0.2, -0.15) is 5.10 Å². The van der Waals surface area contributed by atoms with Crippen molar-refractivity contribution < 1.29 is 9.53 Å². The third-order valence-electron chi connectivity index (χ3n) is 3.48. The third-order valence-corrected chi connectivity index (χ3v) is 4.53. The van der Waals surface area contributed by atoms with Crippen LogP contribution in [0, 0.1) is 0 Å². The van der Waals surface area contributed by atoms with Gasteiger partial charge in [0.25, 0.3) is 0 Å². The minimum atomic E-state index is -0.214. The van der Waals surface area contributed by atoms with Crippen molar-refractivity contribution in [1.29, 1.82) is 0 Å². The van der Waals surface area contributed by atoms with E-state index in [9.17, 15) is 4.79 Å². The van der Waals surface area contributed by atoms with Crippen molar-refractivity contribution >= 4 is 28.1 Å². The van der Waals surface area contributed by atoms with E-state index in [-0.39, 0.29) is 11.9 Å². The van der Waals surface area contributed by atoms with Crippen LogP contribution in [0.2, 0.25) is 0 Å². The van der Waals surface area contributed by atoms with Crippen molar-refractivity contribution in [2.75, 3.05) is 11.9 Å². The number of nitrogens with zero attached hydrogens (tertiary/aromatic N) is 3. The van der Waals surface area contributed by atoms with Crippen LogP contribution in [0.1, 0.15) is 36.3 Å². The van der Waals surface area contributed by atoms with Crippen LogP contribution in [0.15, 0.2) is 12.4 Å². The van der Waals surface area contributed by atoms with Crippen LogP contribution in [0.25, 0.3) is 0 Å². The first kappa shape index (κ1) is 14.1. The van der Waals surface area contributed by atoms with Crippen LogP contribution >= 0.6 is 11.3 Å². The first-order valence-electron chi connectivity index (χ1n) is 7.09. The Balaban J connectivity index is 1.82. The topological polar surface area (TPSA) is 69.0 Å². The van der Waals surface area contributed by atoms with Gasteiger partial charge in [0.05, 0.1) is 24.2 Å². The van der Waals surface area contributed by atoms with Crippen LogP contribution in [0.5, 0.6) is 0 Å². The zero-order valence-electron chi connectivity index (χ0n) is 12.1. The summed E-state index contributed by atoms with van der Waals surface area (Å²) >= 11 is 1.61. The first-order valence-corrected chi connectivity index (χ1v) is 7.91. The van der Waals surface area contributed by atoms with Crippen molar-refractivity contribution in [3.05, 3.63) is 23.0 Å². The van der Waals surface area contributed by atoms with Crippen molar-refractivity contribution in [2.24, 2.45) is 7.05 Å². The number of anilines is 2. The number of ether oxygens (including phenoxy) is 1. The molecule has 0 fully saturated rings. The molecule has 0 spiro atoms. The number of carbonyl (C=O) groups excluding carboxylic acids is 1. The Morgan fingerprint density at radius 3 is 3.19 bits per heavy atom. The van der Waals surface area contributed by atoms with Crippen molar-refractivity contribution in [2.45, 2.75) is 32.1 Å². The molecule has 0 aromatic carbocycles. The molecule has 3 rings (SSSR count). The molecule has 2 heterocycles. The molecule has 6 nitrogen and oxygen atoms in total. The van der Waals surface area contributed by atoms with E-state index in [1.807, 2.05) is 20.2 Å². The van der Waals surface area contributed by atoms with Crippen molar-refractivity contribution in [3.63, 3.8) is 0 Å². The van der Waals surface area contributed by atoms with Gasteiger partial charge in [-0.25, -0.2) is 4.98 Å². The van der Waals surface area contributed by atoms with Crippen LogP contribution in [-0.4, -0.2) is 27.3 Å². The van der Waals surface area contributed by atoms with Crippen LogP contribution < -0.4 is 5.32 Å². The van der Waals surface area contributed by atoms with E-state index >= 15 is 0 Å². The van der Waals surface area contributed by atoms with Gasteiger partial charge in [-0.1, -0.05) is 0 Å². The molecule has 1 N–H and O–H groups in total. The molecule has 0 amide bonds. The predicted molar refractivity (Wildman–Crippen MR) is 80.9 cm³/mol. The molecule has 1 atom stereocenters. The highest BCUT2D eigenvalue weighted by Gasteiger charge is 2.31. The maximum Gasteiger partial charge on any atom is 0.315 e. The summed E-state index contributed by atoms with van der Waals surface area (Å²) in [6, 6.07) is 0. The van der Waals surface area contributed by atoms with Crippen LogP contribution in [-0.2, 0) is 23.0 Å². The number of nitrogens with one attached hydrogen (secondary N) is 1. The van der Waals surface area contributed by atoms with Gasteiger partial charge in [0, 0.05) is 18.1 Å². The molecule has 21 heavy (non-hydrogen) atoms. The summed E-state index contributed by atoms with van der Waals surface area (Å²) in [5.74, 6) is -0.369. The van der Waals surface area contributed by atoms with E-state index in [0.717, 1.165) is 35.8 Å². The zero-order valence-corrected chi connectivity index (χ0v) is 12.9. The lowest BCUT2D eigenvalue weighted by atomic mass is 9.91. The van der Waals surface area contributed by atoms with E-state index in [1.54, 1.807) is 22.2 Å². The SMILES string of the molecule is CCOC(=O)C1CCCc2sc(Nc3cnn(C)c3)nc21.